The zero-order chi connectivity index (χ0) is 13.2. The smallest absolute Gasteiger partial charge is 0.417 e. The van der Waals surface area contributed by atoms with Crippen molar-refractivity contribution < 1.29 is 9.26 Å². The van der Waals surface area contributed by atoms with Gasteiger partial charge in [0.05, 0.1) is 5.52 Å². The highest BCUT2D eigenvalue weighted by Crippen LogP contribution is 2.19. The van der Waals surface area contributed by atoms with Gasteiger partial charge in [0, 0.05) is 16.6 Å². The van der Waals surface area contributed by atoms with E-state index in [1.54, 1.807) is 6.92 Å². The molecular formula is C14H13N3O2. The van der Waals surface area contributed by atoms with Gasteiger partial charge in [-0.15, -0.1) is 0 Å². The van der Waals surface area contributed by atoms with E-state index in [1.807, 2.05) is 37.3 Å². The molecule has 0 bridgehead atoms. The van der Waals surface area contributed by atoms with Gasteiger partial charge in [0.2, 0.25) is 0 Å². The van der Waals surface area contributed by atoms with Gasteiger partial charge in [-0.3, -0.25) is 9.51 Å². The Bertz CT molecular complexity index is 722. The van der Waals surface area contributed by atoms with Crippen molar-refractivity contribution in [1.29, 1.82) is 0 Å². The first kappa shape index (κ1) is 11.6. The first-order valence-corrected chi connectivity index (χ1v) is 6.01. The second-order valence-corrected chi connectivity index (χ2v) is 4.34. The van der Waals surface area contributed by atoms with E-state index in [4.69, 9.17) is 9.26 Å². The molecule has 3 rings (SSSR count). The number of hydrogen-bond donors (Lipinski definition) is 0. The zero-order valence-corrected chi connectivity index (χ0v) is 10.8. The van der Waals surface area contributed by atoms with Crippen molar-refractivity contribution in [3.05, 3.63) is 47.4 Å². The van der Waals surface area contributed by atoms with Crippen molar-refractivity contribution in [3.8, 4) is 6.08 Å². The van der Waals surface area contributed by atoms with Crippen LogP contribution in [0.4, 0.5) is 0 Å². The van der Waals surface area contributed by atoms with Crippen molar-refractivity contribution in [2.75, 3.05) is 0 Å². The number of nitrogens with zero attached hydrogens (tertiary/aromatic N) is 3. The largest absolute Gasteiger partial charge is 0.444 e. The number of hydrogen-bond acceptors (Lipinski definition) is 5. The minimum Gasteiger partial charge on any atom is -0.444 e. The average Bonchev–Trinajstić information content (AvgIpc) is 2.81. The molecule has 0 spiro atoms. The van der Waals surface area contributed by atoms with Crippen molar-refractivity contribution >= 4 is 10.9 Å². The molecule has 0 amide bonds. The summed E-state index contributed by atoms with van der Waals surface area (Å²) >= 11 is 0. The van der Waals surface area contributed by atoms with Crippen LogP contribution < -0.4 is 4.74 Å². The molecule has 3 aromatic rings. The molecule has 2 aromatic heterocycles. The van der Waals surface area contributed by atoms with Crippen LogP contribution >= 0.6 is 0 Å². The minimum absolute atomic E-state index is 0.191. The van der Waals surface area contributed by atoms with Gasteiger partial charge in [-0.1, -0.05) is 23.4 Å². The first-order chi connectivity index (χ1) is 9.22. The standard InChI is InChI=1S/C14H13N3O2/c1-9-7-11(8-18-14-16-10(2)17-19-14)12-5-3-4-6-13(12)15-9/h3-7H,8H2,1-2H3. The Balaban J connectivity index is 1.91. The molecule has 0 saturated heterocycles. The number of para-hydroxylation sites is 1. The summed E-state index contributed by atoms with van der Waals surface area (Å²) in [5.74, 6) is 0.561. The predicted octanol–water partition coefficient (Wildman–Crippen LogP) is 2.81. The normalized spacial score (nSPS) is 10.8. The molecule has 19 heavy (non-hydrogen) atoms. The van der Waals surface area contributed by atoms with Gasteiger partial charge in [-0.2, -0.15) is 4.98 Å². The van der Waals surface area contributed by atoms with Crippen LogP contribution in [-0.2, 0) is 6.61 Å². The molecule has 0 N–H and O–H groups in total. The van der Waals surface area contributed by atoms with Gasteiger partial charge in [-0.25, -0.2) is 0 Å². The lowest BCUT2D eigenvalue weighted by Gasteiger charge is -2.07. The number of ether oxygens (including phenoxy) is 1. The molecule has 0 fully saturated rings. The third-order valence-corrected chi connectivity index (χ3v) is 2.79. The second-order valence-electron chi connectivity index (χ2n) is 4.34. The molecule has 0 atom stereocenters. The molecule has 96 valence electrons. The van der Waals surface area contributed by atoms with Gasteiger partial charge in [0.1, 0.15) is 6.61 Å². The molecule has 0 unspecified atom stereocenters. The Hall–Kier alpha value is -2.43. The molecular weight excluding hydrogens is 242 g/mol. The minimum atomic E-state index is 0.191. The van der Waals surface area contributed by atoms with Gasteiger partial charge >= 0.3 is 6.08 Å². The maximum Gasteiger partial charge on any atom is 0.417 e. The fourth-order valence-electron chi connectivity index (χ4n) is 1.99. The lowest BCUT2D eigenvalue weighted by molar-refractivity contribution is 0.196. The summed E-state index contributed by atoms with van der Waals surface area (Å²) in [5.41, 5.74) is 2.97. The highest BCUT2D eigenvalue weighted by Gasteiger charge is 2.07. The molecule has 0 radical (unpaired) electrons. The average molecular weight is 255 g/mol. The third kappa shape index (κ3) is 2.40. The summed E-state index contributed by atoms with van der Waals surface area (Å²) in [4.78, 5) is 8.50. The maximum absolute atomic E-state index is 5.51. The highest BCUT2D eigenvalue weighted by molar-refractivity contribution is 5.82. The van der Waals surface area contributed by atoms with E-state index in [0.29, 0.717) is 12.4 Å². The summed E-state index contributed by atoms with van der Waals surface area (Å²) in [6.45, 7) is 4.10. The number of fused-ring (bicyclic) bond motifs is 1. The van der Waals surface area contributed by atoms with Crippen molar-refractivity contribution in [2.24, 2.45) is 0 Å². The molecule has 0 aliphatic carbocycles. The predicted molar refractivity (Wildman–Crippen MR) is 69.8 cm³/mol. The zero-order valence-electron chi connectivity index (χ0n) is 10.8. The Labute approximate surface area is 110 Å². The lowest BCUT2D eigenvalue weighted by Crippen LogP contribution is -1.99. The number of aromatic nitrogens is 3. The molecule has 5 heteroatoms. The van der Waals surface area contributed by atoms with E-state index in [0.717, 1.165) is 22.2 Å². The Kier molecular flexibility index (Phi) is 2.87. The van der Waals surface area contributed by atoms with Crippen LogP contribution in [0.15, 0.2) is 34.9 Å². The Morgan fingerprint density at radius 2 is 2.00 bits per heavy atom. The lowest BCUT2D eigenvalue weighted by atomic mass is 10.1. The molecule has 0 aliphatic rings. The van der Waals surface area contributed by atoms with Crippen LogP contribution in [0.3, 0.4) is 0 Å². The van der Waals surface area contributed by atoms with E-state index in [1.165, 1.54) is 0 Å². The fraction of sp³-hybridized carbons (Fsp3) is 0.214. The summed E-state index contributed by atoms with van der Waals surface area (Å²) in [7, 11) is 0. The quantitative estimate of drug-likeness (QED) is 0.720. The van der Waals surface area contributed by atoms with Gasteiger partial charge < -0.3 is 4.74 Å². The van der Waals surface area contributed by atoms with Gasteiger partial charge in [0.25, 0.3) is 0 Å². The topological polar surface area (TPSA) is 61.0 Å². The van der Waals surface area contributed by atoms with E-state index in [2.05, 4.69) is 15.1 Å². The SMILES string of the molecule is Cc1cc(COc2nc(C)no2)c2ccccc2n1. The number of rotatable bonds is 3. The van der Waals surface area contributed by atoms with Crippen molar-refractivity contribution in [2.45, 2.75) is 20.5 Å². The molecule has 2 heterocycles. The molecule has 0 aliphatic heterocycles. The number of pyridine rings is 1. The Morgan fingerprint density at radius 3 is 2.79 bits per heavy atom. The number of benzene rings is 1. The molecule has 0 saturated carbocycles. The van der Waals surface area contributed by atoms with E-state index >= 15 is 0 Å². The van der Waals surface area contributed by atoms with Gasteiger partial charge in [-0.05, 0) is 26.0 Å². The van der Waals surface area contributed by atoms with Crippen molar-refractivity contribution in [3.63, 3.8) is 0 Å². The Morgan fingerprint density at radius 1 is 1.16 bits per heavy atom. The summed E-state index contributed by atoms with van der Waals surface area (Å²) in [6.07, 6.45) is 0.191. The van der Waals surface area contributed by atoms with Crippen LogP contribution in [0.1, 0.15) is 17.1 Å². The van der Waals surface area contributed by atoms with E-state index < -0.39 is 0 Å². The van der Waals surface area contributed by atoms with Crippen LogP contribution in [0, 0.1) is 13.8 Å². The number of aryl methyl sites for hydroxylation is 2. The van der Waals surface area contributed by atoms with E-state index in [-0.39, 0.29) is 6.08 Å². The summed E-state index contributed by atoms with van der Waals surface area (Å²) in [6, 6.07) is 9.98. The van der Waals surface area contributed by atoms with Gasteiger partial charge in [0.15, 0.2) is 5.82 Å². The fourth-order valence-corrected chi connectivity index (χ4v) is 1.99. The molecule has 1 aromatic carbocycles. The highest BCUT2D eigenvalue weighted by atomic mass is 16.6. The summed E-state index contributed by atoms with van der Waals surface area (Å²) < 4.78 is 10.4. The van der Waals surface area contributed by atoms with Crippen molar-refractivity contribution in [1.82, 2.24) is 15.1 Å². The van der Waals surface area contributed by atoms with Crippen LogP contribution in [0.2, 0.25) is 0 Å². The monoisotopic (exact) mass is 255 g/mol. The van der Waals surface area contributed by atoms with Crippen LogP contribution in [0.25, 0.3) is 10.9 Å². The van der Waals surface area contributed by atoms with Crippen LogP contribution in [0.5, 0.6) is 6.08 Å². The third-order valence-electron chi connectivity index (χ3n) is 2.79. The summed E-state index contributed by atoms with van der Waals surface area (Å²) in [5, 5.41) is 4.76. The second kappa shape index (κ2) is 4.68. The van der Waals surface area contributed by atoms with Crippen LogP contribution in [-0.4, -0.2) is 15.1 Å². The van der Waals surface area contributed by atoms with E-state index in [9.17, 15) is 0 Å². The maximum atomic E-state index is 5.51. The molecule has 5 nitrogen and oxygen atoms in total. The first-order valence-electron chi connectivity index (χ1n) is 6.01.